The maximum atomic E-state index is 12.1. The van der Waals surface area contributed by atoms with Gasteiger partial charge in [0.05, 0.1) is 18.9 Å². The van der Waals surface area contributed by atoms with Gasteiger partial charge in [0.15, 0.2) is 0 Å². The number of benzene rings is 2. The second-order valence-electron chi connectivity index (χ2n) is 8.09. The molecule has 0 bridgehead atoms. The molecule has 6 heteroatoms. The number of hydrogen-bond donors (Lipinski definition) is 1. The van der Waals surface area contributed by atoms with Gasteiger partial charge in [-0.1, -0.05) is 19.6 Å². The number of fused-ring (bicyclic) bond motifs is 1. The summed E-state index contributed by atoms with van der Waals surface area (Å²) in [4.78, 5) is 16.7. The van der Waals surface area contributed by atoms with E-state index in [4.69, 9.17) is 13.9 Å². The molecule has 4 rings (SSSR count). The molecule has 1 aliphatic carbocycles. The highest BCUT2D eigenvalue weighted by atomic mass is 16.5. The van der Waals surface area contributed by atoms with E-state index in [1.807, 2.05) is 19.1 Å². The van der Waals surface area contributed by atoms with Crippen molar-refractivity contribution in [1.29, 1.82) is 0 Å². The Labute approximate surface area is 193 Å². The monoisotopic (exact) mass is 447 g/mol. The molecule has 0 saturated heterocycles. The van der Waals surface area contributed by atoms with E-state index in [1.54, 1.807) is 31.2 Å². The fourth-order valence-corrected chi connectivity index (χ4v) is 4.26. The van der Waals surface area contributed by atoms with Gasteiger partial charge in [0, 0.05) is 29.9 Å². The third-order valence-electron chi connectivity index (χ3n) is 5.97. The van der Waals surface area contributed by atoms with Crippen LogP contribution in [0.25, 0.3) is 11.5 Å². The molecule has 0 fully saturated rings. The van der Waals surface area contributed by atoms with Crippen LogP contribution in [0.4, 0.5) is 0 Å². The lowest BCUT2D eigenvalue weighted by Gasteiger charge is -2.14. The van der Waals surface area contributed by atoms with Crippen LogP contribution in [0.3, 0.4) is 0 Å². The second kappa shape index (κ2) is 9.94. The number of phenols is 1. The van der Waals surface area contributed by atoms with Crippen molar-refractivity contribution in [1.82, 2.24) is 4.98 Å². The molecule has 0 aliphatic heterocycles. The first-order chi connectivity index (χ1) is 16.0. The maximum Gasteiger partial charge on any atom is 0.334 e. The number of aryl methyl sites for hydroxylation is 2. The molecule has 0 unspecified atom stereocenters. The number of carbonyl (C=O) groups is 1. The van der Waals surface area contributed by atoms with Gasteiger partial charge in [-0.05, 0) is 67.3 Å². The van der Waals surface area contributed by atoms with Gasteiger partial charge < -0.3 is 19.0 Å². The summed E-state index contributed by atoms with van der Waals surface area (Å²) in [5, 5.41) is 9.49. The third kappa shape index (κ3) is 4.95. The SMILES string of the molecule is C=C(C(=O)OCC)[C@@H]1CCc2cc(OCCc3nc(-c4ccc(O)cc4)oc3CC)ccc21. The Morgan fingerprint density at radius 1 is 1.21 bits per heavy atom. The lowest BCUT2D eigenvalue weighted by molar-refractivity contribution is -0.138. The van der Waals surface area contributed by atoms with Gasteiger partial charge in [-0.3, -0.25) is 0 Å². The predicted molar refractivity (Wildman–Crippen MR) is 125 cm³/mol. The molecule has 172 valence electrons. The van der Waals surface area contributed by atoms with E-state index in [2.05, 4.69) is 17.6 Å². The number of ether oxygens (including phenoxy) is 2. The number of esters is 1. The zero-order valence-electron chi connectivity index (χ0n) is 19.1. The van der Waals surface area contributed by atoms with Gasteiger partial charge in [-0.15, -0.1) is 0 Å². The van der Waals surface area contributed by atoms with Crippen molar-refractivity contribution in [3.63, 3.8) is 0 Å². The van der Waals surface area contributed by atoms with Crippen LogP contribution in [0.1, 0.15) is 48.8 Å². The summed E-state index contributed by atoms with van der Waals surface area (Å²) in [6.07, 6.45) is 3.11. The fourth-order valence-electron chi connectivity index (χ4n) is 4.26. The average molecular weight is 448 g/mol. The van der Waals surface area contributed by atoms with E-state index in [-0.39, 0.29) is 17.6 Å². The lowest BCUT2D eigenvalue weighted by atomic mass is 9.94. The molecule has 0 spiro atoms. The van der Waals surface area contributed by atoms with Gasteiger partial charge in [0.25, 0.3) is 0 Å². The minimum Gasteiger partial charge on any atom is -0.508 e. The number of nitrogens with zero attached hydrogens (tertiary/aromatic N) is 1. The summed E-state index contributed by atoms with van der Waals surface area (Å²) < 4.78 is 17.1. The number of aromatic hydroxyl groups is 1. The molecule has 2 aromatic carbocycles. The van der Waals surface area contributed by atoms with Crippen molar-refractivity contribution in [3.05, 3.63) is 77.2 Å². The van der Waals surface area contributed by atoms with Gasteiger partial charge in [-0.25, -0.2) is 9.78 Å². The minimum absolute atomic E-state index is 0.00802. The number of aromatic nitrogens is 1. The minimum atomic E-state index is -0.318. The smallest absolute Gasteiger partial charge is 0.334 e. The van der Waals surface area contributed by atoms with Crippen LogP contribution in [0, 0.1) is 0 Å². The van der Waals surface area contributed by atoms with Crippen molar-refractivity contribution in [2.75, 3.05) is 13.2 Å². The van der Waals surface area contributed by atoms with Crippen molar-refractivity contribution in [2.45, 2.75) is 45.4 Å². The zero-order chi connectivity index (χ0) is 23.4. The highest BCUT2D eigenvalue weighted by molar-refractivity contribution is 5.89. The summed E-state index contributed by atoms with van der Waals surface area (Å²) in [6.45, 7) is 8.64. The Kier molecular flexibility index (Phi) is 6.82. The number of carbonyl (C=O) groups excluding carboxylic acids is 1. The van der Waals surface area contributed by atoms with Gasteiger partial charge in [-0.2, -0.15) is 0 Å². The van der Waals surface area contributed by atoms with E-state index >= 15 is 0 Å². The molecule has 1 atom stereocenters. The van der Waals surface area contributed by atoms with Crippen LogP contribution >= 0.6 is 0 Å². The summed E-state index contributed by atoms with van der Waals surface area (Å²) in [6, 6.07) is 12.8. The number of rotatable bonds is 9. The largest absolute Gasteiger partial charge is 0.508 e. The molecule has 0 saturated carbocycles. The molecule has 6 nitrogen and oxygen atoms in total. The van der Waals surface area contributed by atoms with E-state index in [0.717, 1.165) is 47.6 Å². The lowest BCUT2D eigenvalue weighted by Crippen LogP contribution is -2.12. The van der Waals surface area contributed by atoms with Crippen LogP contribution < -0.4 is 4.74 Å². The Balaban J connectivity index is 1.39. The molecule has 0 amide bonds. The Bertz CT molecular complexity index is 1150. The molecule has 0 radical (unpaired) electrons. The highest BCUT2D eigenvalue weighted by Gasteiger charge is 2.29. The summed E-state index contributed by atoms with van der Waals surface area (Å²) in [5.74, 6) is 2.09. The van der Waals surface area contributed by atoms with E-state index in [1.165, 1.54) is 5.56 Å². The van der Waals surface area contributed by atoms with Crippen molar-refractivity contribution < 1.29 is 23.8 Å². The average Bonchev–Trinajstić information content (AvgIpc) is 3.43. The Morgan fingerprint density at radius 3 is 2.73 bits per heavy atom. The first-order valence-electron chi connectivity index (χ1n) is 11.4. The first kappa shape index (κ1) is 22.6. The number of hydrogen-bond acceptors (Lipinski definition) is 6. The zero-order valence-corrected chi connectivity index (χ0v) is 19.1. The molecular weight excluding hydrogens is 418 g/mol. The quantitative estimate of drug-likeness (QED) is 0.350. The summed E-state index contributed by atoms with van der Waals surface area (Å²) >= 11 is 0. The highest BCUT2D eigenvalue weighted by Crippen LogP contribution is 2.39. The van der Waals surface area contributed by atoms with Gasteiger partial charge in [0.1, 0.15) is 17.3 Å². The van der Waals surface area contributed by atoms with Crippen molar-refractivity contribution in [3.8, 4) is 23.0 Å². The standard InChI is InChI=1S/C27H29NO5/c1-4-25-24(28-26(33-25)18-6-9-20(29)10-7-18)14-15-32-21-11-13-23-19(16-21)8-12-22(23)17(3)27(30)31-5-2/h6-7,9-11,13,16,22,29H,3-5,8,12,14-15H2,1-2H3/t22-/m0/s1. The summed E-state index contributed by atoms with van der Waals surface area (Å²) in [7, 11) is 0. The van der Waals surface area contributed by atoms with E-state index < -0.39 is 0 Å². The van der Waals surface area contributed by atoms with E-state index in [9.17, 15) is 9.90 Å². The van der Waals surface area contributed by atoms with Gasteiger partial charge >= 0.3 is 5.97 Å². The normalized spacial score (nSPS) is 14.7. The van der Waals surface area contributed by atoms with Crippen LogP contribution in [0.5, 0.6) is 11.5 Å². The molecular formula is C27H29NO5. The molecule has 33 heavy (non-hydrogen) atoms. The fraction of sp³-hybridized carbons (Fsp3) is 0.333. The van der Waals surface area contributed by atoms with Gasteiger partial charge in [0.2, 0.25) is 5.89 Å². The summed E-state index contributed by atoms with van der Waals surface area (Å²) in [5.41, 5.74) is 4.54. The Morgan fingerprint density at radius 2 is 2.00 bits per heavy atom. The second-order valence-corrected chi connectivity index (χ2v) is 8.09. The molecule has 1 aliphatic rings. The molecule has 1 N–H and O–H groups in total. The van der Waals surface area contributed by atoms with E-state index in [0.29, 0.717) is 31.1 Å². The molecule has 3 aromatic rings. The topological polar surface area (TPSA) is 81.8 Å². The van der Waals surface area contributed by atoms with Crippen molar-refractivity contribution >= 4 is 5.97 Å². The number of oxazole rings is 1. The van der Waals surface area contributed by atoms with Crippen LogP contribution in [-0.2, 0) is 28.8 Å². The maximum absolute atomic E-state index is 12.1. The predicted octanol–water partition coefficient (Wildman–Crippen LogP) is 5.38. The van der Waals surface area contributed by atoms with Crippen LogP contribution in [0.2, 0.25) is 0 Å². The Hall–Kier alpha value is -3.54. The van der Waals surface area contributed by atoms with Crippen molar-refractivity contribution in [2.24, 2.45) is 0 Å². The third-order valence-corrected chi connectivity index (χ3v) is 5.97. The first-order valence-corrected chi connectivity index (χ1v) is 11.4. The van der Waals surface area contributed by atoms with Crippen LogP contribution in [-0.4, -0.2) is 29.3 Å². The van der Waals surface area contributed by atoms with Crippen LogP contribution in [0.15, 0.2) is 59.0 Å². The molecule has 1 heterocycles. The molecule has 1 aromatic heterocycles. The number of phenolic OH excluding ortho intramolecular Hbond substituents is 1.